The molecule has 1 unspecified atom stereocenters. The molecule has 2 N–H and O–H groups in total. The number of thiophene rings is 1. The molecule has 1 aliphatic heterocycles. The summed E-state index contributed by atoms with van der Waals surface area (Å²) in [6, 6.07) is 4.22. The number of methoxy groups -OCH3 is 1. The van der Waals surface area contributed by atoms with Crippen molar-refractivity contribution in [2.24, 2.45) is 5.73 Å². The number of nitrogens with two attached hydrogens (primary N) is 1. The number of nitrogens with zero attached hydrogens (tertiary/aromatic N) is 2. The third-order valence-electron chi connectivity index (χ3n) is 3.42. The summed E-state index contributed by atoms with van der Waals surface area (Å²) in [4.78, 5) is 17.7. The average molecular weight is 356 g/mol. The topological polar surface area (TPSA) is 58.8 Å². The van der Waals surface area contributed by atoms with E-state index in [1.54, 1.807) is 11.3 Å². The molecular weight excluding hydrogens is 333 g/mol. The van der Waals surface area contributed by atoms with Crippen molar-refractivity contribution in [2.75, 3.05) is 39.8 Å². The van der Waals surface area contributed by atoms with E-state index in [-0.39, 0.29) is 37.3 Å². The predicted octanol–water partition coefficient (Wildman–Crippen LogP) is 1.21. The molecule has 2 rings (SSSR count). The fourth-order valence-corrected chi connectivity index (χ4v) is 3.00. The highest BCUT2D eigenvalue weighted by Gasteiger charge is 2.26. The summed E-state index contributed by atoms with van der Waals surface area (Å²) in [5.41, 5.74) is 5.53. The first-order chi connectivity index (χ1) is 9.24. The van der Waals surface area contributed by atoms with Crippen molar-refractivity contribution in [3.05, 3.63) is 22.4 Å². The molecular formula is C13H23Cl2N3O2S. The molecule has 1 fully saturated rings. The van der Waals surface area contributed by atoms with Gasteiger partial charge in [-0.25, -0.2) is 0 Å². The van der Waals surface area contributed by atoms with Crippen LogP contribution in [0.5, 0.6) is 0 Å². The van der Waals surface area contributed by atoms with Gasteiger partial charge < -0.3 is 15.4 Å². The number of carbonyl (C=O) groups excluding carboxylic acids is 1. The van der Waals surface area contributed by atoms with Crippen LogP contribution < -0.4 is 5.73 Å². The molecule has 21 heavy (non-hydrogen) atoms. The smallest absolute Gasteiger partial charge is 0.253 e. The molecule has 122 valence electrons. The standard InChI is InChI=1S/C13H21N3O2S.2ClH/c1-18-12(9-14)13(17)16-6-4-15(5-7-16)10-11-3-2-8-19-11;;/h2-3,8,12H,4-7,9-10,14H2,1H3;2*1H. The molecule has 0 saturated carbocycles. The monoisotopic (exact) mass is 355 g/mol. The van der Waals surface area contributed by atoms with Gasteiger partial charge in [0, 0.05) is 51.3 Å². The quantitative estimate of drug-likeness (QED) is 0.862. The van der Waals surface area contributed by atoms with Gasteiger partial charge in [0.1, 0.15) is 6.10 Å². The molecule has 1 saturated heterocycles. The second kappa shape index (κ2) is 10.4. The highest BCUT2D eigenvalue weighted by atomic mass is 35.5. The molecule has 1 aromatic rings. The Morgan fingerprint density at radius 1 is 1.38 bits per heavy atom. The lowest BCUT2D eigenvalue weighted by Gasteiger charge is -2.35. The van der Waals surface area contributed by atoms with Crippen LogP contribution in [-0.2, 0) is 16.1 Å². The van der Waals surface area contributed by atoms with Crippen molar-refractivity contribution in [2.45, 2.75) is 12.6 Å². The van der Waals surface area contributed by atoms with Gasteiger partial charge in [-0.3, -0.25) is 9.69 Å². The van der Waals surface area contributed by atoms with Crippen LogP contribution in [0.1, 0.15) is 4.88 Å². The molecule has 1 aliphatic rings. The second-order valence-electron chi connectivity index (χ2n) is 4.64. The fourth-order valence-electron chi connectivity index (χ4n) is 2.25. The van der Waals surface area contributed by atoms with Gasteiger partial charge in [0.15, 0.2) is 0 Å². The normalized spacial score (nSPS) is 16.8. The molecule has 2 heterocycles. The number of piperazine rings is 1. The summed E-state index contributed by atoms with van der Waals surface area (Å²) in [6.45, 7) is 4.54. The van der Waals surface area contributed by atoms with E-state index in [0.717, 1.165) is 32.7 Å². The molecule has 8 heteroatoms. The summed E-state index contributed by atoms with van der Waals surface area (Å²) in [5, 5.41) is 2.10. The molecule has 0 radical (unpaired) electrons. The van der Waals surface area contributed by atoms with Crippen LogP contribution in [0.4, 0.5) is 0 Å². The van der Waals surface area contributed by atoms with E-state index < -0.39 is 6.10 Å². The zero-order valence-electron chi connectivity index (χ0n) is 12.1. The van der Waals surface area contributed by atoms with Crippen LogP contribution in [0.25, 0.3) is 0 Å². The van der Waals surface area contributed by atoms with E-state index in [9.17, 15) is 4.79 Å². The Labute approximate surface area is 142 Å². The predicted molar refractivity (Wildman–Crippen MR) is 90.5 cm³/mol. The summed E-state index contributed by atoms with van der Waals surface area (Å²) in [7, 11) is 1.53. The Morgan fingerprint density at radius 3 is 2.52 bits per heavy atom. The number of amides is 1. The maximum absolute atomic E-state index is 12.1. The highest BCUT2D eigenvalue weighted by Crippen LogP contribution is 2.14. The van der Waals surface area contributed by atoms with E-state index in [1.807, 2.05) is 4.90 Å². The average Bonchev–Trinajstić information content (AvgIpc) is 2.94. The third kappa shape index (κ3) is 5.73. The van der Waals surface area contributed by atoms with Gasteiger partial charge in [0.05, 0.1) is 0 Å². The van der Waals surface area contributed by atoms with Crippen molar-refractivity contribution < 1.29 is 9.53 Å². The molecule has 0 bridgehead atoms. The summed E-state index contributed by atoms with van der Waals surface area (Å²) in [6.07, 6.45) is -0.496. The van der Waals surface area contributed by atoms with Crippen LogP contribution in [0.3, 0.4) is 0 Å². The fraction of sp³-hybridized carbons (Fsp3) is 0.615. The maximum Gasteiger partial charge on any atom is 0.253 e. The molecule has 1 atom stereocenters. The molecule has 5 nitrogen and oxygen atoms in total. The van der Waals surface area contributed by atoms with Gasteiger partial charge in [-0.1, -0.05) is 6.07 Å². The number of rotatable bonds is 5. The Bertz CT molecular complexity index is 394. The van der Waals surface area contributed by atoms with Crippen molar-refractivity contribution >= 4 is 42.1 Å². The van der Waals surface area contributed by atoms with Crippen LogP contribution in [0, 0.1) is 0 Å². The lowest BCUT2D eigenvalue weighted by Crippen LogP contribution is -2.52. The van der Waals surface area contributed by atoms with E-state index in [2.05, 4.69) is 22.4 Å². The number of hydrogen-bond donors (Lipinski definition) is 1. The minimum Gasteiger partial charge on any atom is -0.370 e. The van der Waals surface area contributed by atoms with Crippen molar-refractivity contribution in [1.82, 2.24) is 9.80 Å². The van der Waals surface area contributed by atoms with Crippen LogP contribution in [0.15, 0.2) is 17.5 Å². The molecule has 1 aromatic heterocycles. The Morgan fingerprint density at radius 2 is 2.05 bits per heavy atom. The minimum absolute atomic E-state index is 0. The van der Waals surface area contributed by atoms with Gasteiger partial charge in [-0.05, 0) is 11.4 Å². The minimum atomic E-state index is -0.496. The molecule has 0 spiro atoms. The van der Waals surface area contributed by atoms with Gasteiger partial charge in [-0.2, -0.15) is 0 Å². The molecule has 0 aliphatic carbocycles. The van der Waals surface area contributed by atoms with E-state index in [1.165, 1.54) is 12.0 Å². The van der Waals surface area contributed by atoms with Crippen molar-refractivity contribution in [3.8, 4) is 0 Å². The third-order valence-corrected chi connectivity index (χ3v) is 4.28. The summed E-state index contributed by atoms with van der Waals surface area (Å²) in [5.74, 6) is 0.0146. The van der Waals surface area contributed by atoms with E-state index in [0.29, 0.717) is 0 Å². The summed E-state index contributed by atoms with van der Waals surface area (Å²) < 4.78 is 5.10. The van der Waals surface area contributed by atoms with Crippen LogP contribution in [-0.4, -0.2) is 61.6 Å². The zero-order valence-corrected chi connectivity index (χ0v) is 14.5. The maximum atomic E-state index is 12.1. The first kappa shape index (κ1) is 20.6. The molecule has 1 amide bonds. The van der Waals surface area contributed by atoms with E-state index >= 15 is 0 Å². The SMILES string of the molecule is COC(CN)C(=O)N1CCN(Cc2cccs2)CC1.Cl.Cl. The first-order valence-electron chi connectivity index (χ1n) is 6.51. The number of ether oxygens (including phenoxy) is 1. The Hall–Kier alpha value is -0.370. The first-order valence-corrected chi connectivity index (χ1v) is 7.39. The van der Waals surface area contributed by atoms with Gasteiger partial charge in [-0.15, -0.1) is 36.2 Å². The molecule has 0 aromatic carbocycles. The number of carbonyl (C=O) groups is 1. The van der Waals surface area contributed by atoms with Gasteiger partial charge in [0.25, 0.3) is 5.91 Å². The number of hydrogen-bond acceptors (Lipinski definition) is 5. The summed E-state index contributed by atoms with van der Waals surface area (Å²) >= 11 is 1.78. The van der Waals surface area contributed by atoms with Crippen LogP contribution in [0.2, 0.25) is 0 Å². The Kier molecular flexibility index (Phi) is 10.2. The Balaban J connectivity index is 0.00000200. The zero-order chi connectivity index (χ0) is 13.7. The largest absolute Gasteiger partial charge is 0.370 e. The lowest BCUT2D eigenvalue weighted by molar-refractivity contribution is -0.143. The van der Waals surface area contributed by atoms with Gasteiger partial charge in [0.2, 0.25) is 0 Å². The lowest BCUT2D eigenvalue weighted by atomic mass is 10.2. The number of halogens is 2. The van der Waals surface area contributed by atoms with Gasteiger partial charge >= 0.3 is 0 Å². The highest BCUT2D eigenvalue weighted by molar-refractivity contribution is 7.09. The van der Waals surface area contributed by atoms with Crippen molar-refractivity contribution in [3.63, 3.8) is 0 Å². The second-order valence-corrected chi connectivity index (χ2v) is 5.67. The van der Waals surface area contributed by atoms with Crippen LogP contribution >= 0.6 is 36.2 Å². The van der Waals surface area contributed by atoms with E-state index in [4.69, 9.17) is 10.5 Å². The van der Waals surface area contributed by atoms with Crippen molar-refractivity contribution in [1.29, 1.82) is 0 Å².